The average Bonchev–Trinajstić information content (AvgIpc) is 0.846. The number of aryl methyl sites for hydroxylation is 1. The van der Waals surface area contributed by atoms with Crippen molar-refractivity contribution in [2.75, 3.05) is 31.2 Å². The van der Waals surface area contributed by atoms with Crippen LogP contribution in [0.5, 0.6) is 0 Å². The van der Waals surface area contributed by atoms with Crippen LogP contribution in [0.15, 0.2) is 170 Å². The molecule has 105 heavy (non-hydrogen) atoms. The third-order valence-electron chi connectivity index (χ3n) is 14.8. The van der Waals surface area contributed by atoms with Gasteiger partial charge in [-0.25, -0.2) is 39.3 Å². The van der Waals surface area contributed by atoms with Gasteiger partial charge >= 0.3 is 12.4 Å². The van der Waals surface area contributed by atoms with Crippen LogP contribution in [0.1, 0.15) is 263 Å². The Morgan fingerprint density at radius 3 is 1.29 bits per heavy atom. The van der Waals surface area contributed by atoms with Crippen molar-refractivity contribution in [3.8, 4) is 0 Å². The summed E-state index contributed by atoms with van der Waals surface area (Å²) < 4.78 is 92.0. The summed E-state index contributed by atoms with van der Waals surface area (Å²) in [6.45, 7) is 50.7. The van der Waals surface area contributed by atoms with Crippen molar-refractivity contribution in [3.63, 3.8) is 0 Å². The van der Waals surface area contributed by atoms with Gasteiger partial charge in [-0.15, -0.1) is 0 Å². The minimum Gasteiger partial charge on any atom is -0.392 e. The number of anilines is 1. The number of hydrogen-bond donors (Lipinski definition) is 1. The second kappa shape index (κ2) is 45.4. The molecule has 0 aliphatic carbocycles. The van der Waals surface area contributed by atoms with Crippen molar-refractivity contribution in [3.05, 3.63) is 249 Å². The Hall–Kier alpha value is -8.08. The molecule has 0 atom stereocenters. The smallest absolute Gasteiger partial charge is 0.392 e. The van der Waals surface area contributed by atoms with E-state index in [0.29, 0.717) is 35.3 Å². The van der Waals surface area contributed by atoms with E-state index in [0.717, 1.165) is 88.6 Å². The van der Waals surface area contributed by atoms with Crippen molar-refractivity contribution in [1.29, 1.82) is 0 Å². The summed E-state index contributed by atoms with van der Waals surface area (Å²) >= 11 is 3.27. The first-order chi connectivity index (χ1) is 48.3. The molecule has 0 spiro atoms. The summed E-state index contributed by atoms with van der Waals surface area (Å²) in [6, 6.07) is 29.6. The molecule has 14 nitrogen and oxygen atoms in total. The summed E-state index contributed by atoms with van der Waals surface area (Å²) in [4.78, 5) is 46.7. The molecular formula is C83H116BrF7N12O2. The maximum absolute atomic E-state index is 12.4. The average molecular weight is 1530 g/mol. The molecule has 1 aliphatic rings. The molecule has 0 bridgehead atoms. The van der Waals surface area contributed by atoms with E-state index in [1.54, 1.807) is 36.9 Å². The van der Waals surface area contributed by atoms with Crippen LogP contribution in [0.2, 0.25) is 0 Å². The standard InChI is InChI=1S/C11H17N3O.C11H16O.2C10H12F3N.C9H12FN.C9H13N.C8H11N.C7H9BrN2.C7H10N2.CH4/c1-9(2)11-12-7-10(8-13-11)14-3-5-15-6-4-14;1-11(2,3)10-7-5-4-6-9(10)8-12;1-9(2,3)7-4-5-8(14-6-7)10(11,12)13;1-9(2,3)7-5-4-6-8(14-7)10(11,12)13;1-9(2,3)8-5-4-7(10)6-11-8;1-7(2)9-6-8(3)4-5-10-9;1-7(2)8-5-3-4-6-9-8;1-5(2)7-9-3-6(8)4-10-7;1-6(2)7-8-4-3-5-9-7;/h7-9H,3-6H2,1-2H3;4-7,12H,8H2,1-3H3;2*4-6H,1-3H3;4-6H,1-3H3;4-7H,1-3H3;3-7H,1-2H3;3-5H,1-2H3;3-6H,1-2H3;1H4. The van der Waals surface area contributed by atoms with Gasteiger partial charge in [0.15, 0.2) is 0 Å². The molecule has 1 N–H and O–H groups in total. The van der Waals surface area contributed by atoms with Crippen molar-refractivity contribution in [2.45, 2.75) is 237 Å². The van der Waals surface area contributed by atoms with Gasteiger partial charge in [-0.1, -0.05) is 202 Å². The SMILES string of the molecule is C.CC(C)(C)c1ccc(C(F)(F)F)nc1.CC(C)(C)c1ccc(F)cn1.CC(C)(C)c1cccc(C(F)(F)F)n1.CC(C)(C)c1ccccc1CO.CC(C)c1ccccn1.CC(C)c1ncc(Br)cn1.CC(C)c1ncc(N2CCOCC2)cn1.CC(C)c1ncccn1.Cc1ccnc(C(C)C)c1. The first-order valence-electron chi connectivity index (χ1n) is 34.9. The molecule has 9 aromatic rings. The van der Waals surface area contributed by atoms with Gasteiger partial charge < -0.3 is 14.7 Å². The summed E-state index contributed by atoms with van der Waals surface area (Å²) in [7, 11) is 0. The molecule has 9 heterocycles. The van der Waals surface area contributed by atoms with Crippen molar-refractivity contribution in [2.24, 2.45) is 0 Å². The van der Waals surface area contributed by atoms with Crippen molar-refractivity contribution in [1.82, 2.24) is 54.8 Å². The highest BCUT2D eigenvalue weighted by atomic mass is 79.9. The lowest BCUT2D eigenvalue weighted by atomic mass is 9.84. The number of aliphatic hydroxyl groups excluding tert-OH is 1. The predicted molar refractivity (Wildman–Crippen MR) is 417 cm³/mol. The summed E-state index contributed by atoms with van der Waals surface area (Å²) in [5.74, 6) is 4.76. The van der Waals surface area contributed by atoms with Gasteiger partial charge in [0.1, 0.15) is 34.7 Å². The second-order valence-corrected chi connectivity index (χ2v) is 31.0. The Balaban J connectivity index is 0.000000593. The normalized spacial score (nSPS) is 12.2. The Morgan fingerprint density at radius 1 is 0.438 bits per heavy atom. The number of nitrogens with zero attached hydrogens (tertiary/aromatic N) is 12. The third-order valence-corrected chi connectivity index (χ3v) is 15.2. The Bertz CT molecular complexity index is 3670. The number of halogens is 8. The minimum atomic E-state index is -4.36. The molecule has 22 heteroatoms. The van der Waals surface area contributed by atoms with Gasteiger partial charge in [-0.05, 0) is 128 Å². The van der Waals surface area contributed by atoms with Gasteiger partial charge in [0.05, 0.1) is 48.6 Å². The fourth-order valence-corrected chi connectivity index (χ4v) is 8.87. The van der Waals surface area contributed by atoms with E-state index in [1.165, 1.54) is 47.4 Å². The molecular weight excluding hydrogens is 1410 g/mol. The molecule has 8 aromatic heterocycles. The maximum Gasteiger partial charge on any atom is 0.433 e. The highest BCUT2D eigenvalue weighted by molar-refractivity contribution is 9.10. The second-order valence-electron chi connectivity index (χ2n) is 30.1. The third kappa shape index (κ3) is 38.2. The zero-order chi connectivity index (χ0) is 78.8. The first kappa shape index (κ1) is 94.9. The number of pyridine rings is 5. The van der Waals surface area contributed by atoms with Gasteiger partial charge in [-0.3, -0.25) is 19.9 Å². The van der Waals surface area contributed by atoms with Gasteiger partial charge in [0.25, 0.3) is 0 Å². The molecule has 0 radical (unpaired) electrons. The van der Waals surface area contributed by atoms with Crippen LogP contribution in [-0.4, -0.2) is 86.2 Å². The van der Waals surface area contributed by atoms with E-state index in [-0.39, 0.29) is 41.5 Å². The van der Waals surface area contributed by atoms with E-state index in [9.17, 15) is 30.7 Å². The highest BCUT2D eigenvalue weighted by Crippen LogP contribution is 2.32. The monoisotopic (exact) mass is 1520 g/mol. The topological polar surface area (TPSA) is 174 Å². The molecule has 0 saturated carbocycles. The van der Waals surface area contributed by atoms with Crippen molar-refractivity contribution >= 4 is 21.6 Å². The van der Waals surface area contributed by atoms with Crippen LogP contribution in [0.25, 0.3) is 0 Å². The van der Waals surface area contributed by atoms with E-state index in [4.69, 9.17) is 9.84 Å². The van der Waals surface area contributed by atoms with E-state index >= 15 is 0 Å². The van der Waals surface area contributed by atoms with Gasteiger partial charge in [0, 0.05) is 108 Å². The summed E-state index contributed by atoms with van der Waals surface area (Å²) in [5.41, 5.74) is 7.09. The van der Waals surface area contributed by atoms with Gasteiger partial charge in [-0.2, -0.15) is 26.3 Å². The minimum absolute atomic E-state index is 0. The Kier molecular flexibility index (Phi) is 41.1. The van der Waals surface area contributed by atoms with Crippen LogP contribution in [0.4, 0.5) is 36.4 Å². The maximum atomic E-state index is 12.4. The Labute approximate surface area is 631 Å². The van der Waals surface area contributed by atoms with Crippen LogP contribution >= 0.6 is 15.9 Å². The number of aliphatic hydroxyl groups is 1. The molecule has 1 aromatic carbocycles. The number of aromatic nitrogens is 11. The highest BCUT2D eigenvalue weighted by Gasteiger charge is 2.34. The largest absolute Gasteiger partial charge is 0.433 e. The lowest BCUT2D eigenvalue weighted by molar-refractivity contribution is -0.142. The summed E-state index contributed by atoms with van der Waals surface area (Å²) in [6.07, 6.45) is 8.40. The number of benzene rings is 1. The molecule has 0 amide bonds. The summed E-state index contributed by atoms with van der Waals surface area (Å²) in [5, 5.41) is 9.08. The molecule has 1 saturated heterocycles. The zero-order valence-corrected chi connectivity index (χ0v) is 66.8. The fraction of sp³-hybridized carbons (Fsp3) is 0.482. The van der Waals surface area contributed by atoms with E-state index in [1.807, 2.05) is 136 Å². The Morgan fingerprint density at radius 2 is 0.905 bits per heavy atom. The van der Waals surface area contributed by atoms with E-state index < -0.39 is 23.7 Å². The number of hydrogen-bond acceptors (Lipinski definition) is 14. The number of morpholine rings is 1. The molecule has 10 rings (SSSR count). The molecule has 1 aliphatic heterocycles. The predicted octanol–water partition coefficient (Wildman–Crippen LogP) is 22.5. The van der Waals surface area contributed by atoms with Crippen LogP contribution < -0.4 is 4.90 Å². The van der Waals surface area contributed by atoms with E-state index in [2.05, 4.69) is 185 Å². The van der Waals surface area contributed by atoms with Gasteiger partial charge in [0.2, 0.25) is 0 Å². The number of ether oxygens (including phenoxy) is 1. The van der Waals surface area contributed by atoms with Crippen molar-refractivity contribution < 1.29 is 40.6 Å². The molecule has 576 valence electrons. The van der Waals surface area contributed by atoms with Crippen LogP contribution in [-0.2, 0) is 45.4 Å². The van der Waals surface area contributed by atoms with Crippen LogP contribution in [0.3, 0.4) is 0 Å². The lowest BCUT2D eigenvalue weighted by Crippen LogP contribution is -2.36. The fourth-order valence-electron chi connectivity index (χ4n) is 8.66. The molecule has 0 unspecified atom stereocenters. The quantitative estimate of drug-likeness (QED) is 0.149. The number of alkyl halides is 6. The number of rotatable bonds is 7. The molecule has 1 fully saturated rings. The zero-order valence-electron chi connectivity index (χ0n) is 65.3. The van der Waals surface area contributed by atoms with Crippen LogP contribution in [0, 0.1) is 12.7 Å². The first-order valence-corrected chi connectivity index (χ1v) is 35.7. The lowest BCUT2D eigenvalue weighted by Gasteiger charge is -2.28.